The molecule has 4 amide bonds. The maximum absolute atomic E-state index is 13.2. The Morgan fingerprint density at radius 1 is 1.15 bits per heavy atom. The molecular weight excluding hydrogens is 270 g/mol. The molecule has 1 heterocycles. The number of carbonyl (C=O) groups is 3. The molecule has 0 aliphatic carbocycles. The van der Waals surface area contributed by atoms with Crippen LogP contribution in [0.4, 0.5) is 19.3 Å². The third-order valence-electron chi connectivity index (χ3n) is 3.03. The number of urea groups is 1. The first-order valence-electron chi connectivity index (χ1n) is 5.96. The van der Waals surface area contributed by atoms with Crippen molar-refractivity contribution in [3.8, 4) is 0 Å². The second-order valence-electron chi connectivity index (χ2n) is 4.79. The van der Waals surface area contributed by atoms with E-state index in [4.69, 9.17) is 0 Å². The van der Waals surface area contributed by atoms with E-state index < -0.39 is 35.4 Å². The van der Waals surface area contributed by atoms with Crippen molar-refractivity contribution in [2.45, 2.75) is 13.8 Å². The Morgan fingerprint density at radius 3 is 2.35 bits per heavy atom. The molecule has 1 aliphatic heterocycles. The average Bonchev–Trinajstić information content (AvgIpc) is 2.32. The topological polar surface area (TPSA) is 66.5 Å². The molecule has 1 unspecified atom stereocenters. The molecule has 1 atom stereocenters. The Morgan fingerprint density at radius 2 is 1.80 bits per heavy atom. The summed E-state index contributed by atoms with van der Waals surface area (Å²) >= 11 is 0. The zero-order chi connectivity index (χ0) is 15.0. The minimum Gasteiger partial charge on any atom is -0.277 e. The number of hydrogen-bond donors (Lipinski definition) is 1. The summed E-state index contributed by atoms with van der Waals surface area (Å²) in [5.41, 5.74) is -0.121. The number of nitrogens with zero attached hydrogens (tertiary/aromatic N) is 1. The standard InChI is InChI=1S/C13H12F2N2O3/c1-6(2)10-11(18)16-13(20)17(12(10)19)7-3-4-8(14)9(15)5-7/h3-6,10H,1-2H3,(H,16,18,20). The molecule has 0 radical (unpaired) electrons. The van der Waals surface area contributed by atoms with Gasteiger partial charge in [0.25, 0.3) is 0 Å². The van der Waals surface area contributed by atoms with Gasteiger partial charge in [-0.2, -0.15) is 0 Å². The molecule has 1 aromatic carbocycles. The lowest BCUT2D eigenvalue weighted by Gasteiger charge is -2.31. The molecule has 106 valence electrons. The first-order valence-corrected chi connectivity index (χ1v) is 5.96. The number of nitrogens with one attached hydrogen (secondary N) is 1. The van der Waals surface area contributed by atoms with Gasteiger partial charge in [0.15, 0.2) is 11.6 Å². The first kappa shape index (κ1) is 14.1. The fourth-order valence-electron chi connectivity index (χ4n) is 2.05. The summed E-state index contributed by atoms with van der Waals surface area (Å²) in [6.45, 7) is 3.31. The van der Waals surface area contributed by atoms with Gasteiger partial charge in [-0.1, -0.05) is 13.8 Å². The molecule has 1 saturated heterocycles. The van der Waals surface area contributed by atoms with Crippen LogP contribution in [0.2, 0.25) is 0 Å². The van der Waals surface area contributed by atoms with E-state index in [0.29, 0.717) is 4.90 Å². The smallest absolute Gasteiger partial charge is 0.277 e. The maximum Gasteiger partial charge on any atom is 0.335 e. The Bertz CT molecular complexity index is 601. The Balaban J connectivity index is 2.43. The summed E-state index contributed by atoms with van der Waals surface area (Å²) in [5, 5.41) is 2.03. The third kappa shape index (κ3) is 2.26. The first-order chi connectivity index (χ1) is 9.32. The van der Waals surface area contributed by atoms with Gasteiger partial charge >= 0.3 is 6.03 Å². The largest absolute Gasteiger partial charge is 0.335 e. The summed E-state index contributed by atoms with van der Waals surface area (Å²) in [5.74, 6) is -5.07. The molecule has 1 aliphatic rings. The van der Waals surface area contributed by atoms with Crippen LogP contribution in [0, 0.1) is 23.5 Å². The van der Waals surface area contributed by atoms with E-state index >= 15 is 0 Å². The average molecular weight is 282 g/mol. The van der Waals surface area contributed by atoms with Gasteiger partial charge in [-0.05, 0) is 18.1 Å². The Kier molecular flexibility index (Phi) is 3.52. The number of anilines is 1. The molecule has 0 spiro atoms. The summed E-state index contributed by atoms with van der Waals surface area (Å²) < 4.78 is 26.1. The summed E-state index contributed by atoms with van der Waals surface area (Å²) in [6, 6.07) is 1.68. The van der Waals surface area contributed by atoms with E-state index in [0.717, 1.165) is 18.2 Å². The van der Waals surface area contributed by atoms with Crippen LogP contribution in [-0.2, 0) is 9.59 Å². The highest BCUT2D eigenvalue weighted by molar-refractivity contribution is 6.27. The third-order valence-corrected chi connectivity index (χ3v) is 3.03. The van der Waals surface area contributed by atoms with E-state index in [-0.39, 0.29) is 11.6 Å². The van der Waals surface area contributed by atoms with Gasteiger partial charge < -0.3 is 0 Å². The lowest BCUT2D eigenvalue weighted by Crippen LogP contribution is -2.59. The van der Waals surface area contributed by atoms with Gasteiger partial charge in [-0.3, -0.25) is 14.9 Å². The van der Waals surface area contributed by atoms with Gasteiger partial charge in [0.05, 0.1) is 5.69 Å². The zero-order valence-electron chi connectivity index (χ0n) is 10.8. The van der Waals surface area contributed by atoms with Crippen molar-refractivity contribution in [2.75, 3.05) is 4.90 Å². The minimum atomic E-state index is -1.18. The van der Waals surface area contributed by atoms with Gasteiger partial charge in [0.1, 0.15) is 5.92 Å². The Hall–Kier alpha value is -2.31. The van der Waals surface area contributed by atoms with Crippen molar-refractivity contribution in [2.24, 2.45) is 11.8 Å². The van der Waals surface area contributed by atoms with Crippen LogP contribution in [0.15, 0.2) is 18.2 Å². The quantitative estimate of drug-likeness (QED) is 0.841. The van der Waals surface area contributed by atoms with Crippen LogP contribution in [0.3, 0.4) is 0 Å². The highest BCUT2D eigenvalue weighted by Gasteiger charge is 2.42. The predicted molar refractivity (Wildman–Crippen MR) is 65.7 cm³/mol. The van der Waals surface area contributed by atoms with Crippen molar-refractivity contribution in [1.29, 1.82) is 0 Å². The SMILES string of the molecule is CC(C)C1C(=O)NC(=O)N(c2ccc(F)c(F)c2)C1=O. The van der Waals surface area contributed by atoms with Crippen molar-refractivity contribution in [1.82, 2.24) is 5.32 Å². The summed E-state index contributed by atoms with van der Waals surface area (Å²) in [4.78, 5) is 36.2. The molecular formula is C13H12F2N2O3. The number of barbiturate groups is 1. The van der Waals surface area contributed by atoms with Crippen molar-refractivity contribution in [3.05, 3.63) is 29.8 Å². The van der Waals surface area contributed by atoms with Gasteiger partial charge in [0.2, 0.25) is 11.8 Å². The van der Waals surface area contributed by atoms with E-state index in [2.05, 4.69) is 0 Å². The number of rotatable bonds is 2. The van der Waals surface area contributed by atoms with Crippen LogP contribution in [0.5, 0.6) is 0 Å². The minimum absolute atomic E-state index is 0.121. The molecule has 0 aromatic heterocycles. The van der Waals surface area contributed by atoms with Crippen molar-refractivity contribution >= 4 is 23.5 Å². The second-order valence-corrected chi connectivity index (χ2v) is 4.79. The number of amides is 4. The maximum atomic E-state index is 13.2. The molecule has 0 bridgehead atoms. The molecule has 1 aromatic rings. The second kappa shape index (κ2) is 4.99. The lowest BCUT2D eigenvalue weighted by molar-refractivity contribution is -0.136. The fourth-order valence-corrected chi connectivity index (χ4v) is 2.05. The van der Waals surface area contributed by atoms with E-state index in [9.17, 15) is 23.2 Å². The van der Waals surface area contributed by atoms with Crippen LogP contribution in [0.1, 0.15) is 13.8 Å². The van der Waals surface area contributed by atoms with E-state index in [1.54, 1.807) is 13.8 Å². The van der Waals surface area contributed by atoms with Crippen LogP contribution in [-0.4, -0.2) is 17.8 Å². The molecule has 2 rings (SSSR count). The van der Waals surface area contributed by atoms with Crippen molar-refractivity contribution < 1.29 is 23.2 Å². The highest BCUT2D eigenvalue weighted by Crippen LogP contribution is 2.25. The number of hydrogen-bond acceptors (Lipinski definition) is 3. The van der Waals surface area contributed by atoms with Gasteiger partial charge in [-0.15, -0.1) is 0 Å². The lowest BCUT2D eigenvalue weighted by atomic mass is 9.92. The van der Waals surface area contributed by atoms with Crippen molar-refractivity contribution in [3.63, 3.8) is 0 Å². The monoisotopic (exact) mass is 282 g/mol. The number of imide groups is 2. The molecule has 1 fully saturated rings. The molecule has 20 heavy (non-hydrogen) atoms. The molecule has 0 saturated carbocycles. The van der Waals surface area contributed by atoms with Gasteiger partial charge in [-0.25, -0.2) is 18.5 Å². The van der Waals surface area contributed by atoms with E-state index in [1.165, 1.54) is 0 Å². The van der Waals surface area contributed by atoms with Gasteiger partial charge in [0, 0.05) is 6.07 Å². The highest BCUT2D eigenvalue weighted by atomic mass is 19.2. The van der Waals surface area contributed by atoms with Crippen LogP contribution < -0.4 is 10.2 Å². The summed E-state index contributed by atoms with van der Waals surface area (Å²) in [6.07, 6.45) is 0. The molecule has 1 N–H and O–H groups in total. The molecule has 7 heteroatoms. The van der Waals surface area contributed by atoms with E-state index in [1.807, 2.05) is 5.32 Å². The number of halogens is 2. The molecule has 5 nitrogen and oxygen atoms in total. The zero-order valence-corrected chi connectivity index (χ0v) is 10.8. The predicted octanol–water partition coefficient (Wildman–Crippen LogP) is 1.82. The normalized spacial score (nSPS) is 19.6. The number of carbonyl (C=O) groups excluding carboxylic acids is 3. The number of benzene rings is 1. The Labute approximate surface area is 113 Å². The van der Waals surface area contributed by atoms with Crippen LogP contribution in [0.25, 0.3) is 0 Å². The summed E-state index contributed by atoms with van der Waals surface area (Å²) in [7, 11) is 0. The fraction of sp³-hybridized carbons (Fsp3) is 0.308. The van der Waals surface area contributed by atoms with Crippen LogP contribution >= 0.6 is 0 Å².